The molecule has 3 amide bonds. The molecule has 9 heteroatoms. The fourth-order valence-electron chi connectivity index (χ4n) is 5.14. The number of piperazine rings is 1. The van der Waals surface area contributed by atoms with E-state index in [1.807, 2.05) is 24.1 Å². The summed E-state index contributed by atoms with van der Waals surface area (Å²) in [6.45, 7) is 10.5. The number of amides is 3. The van der Waals surface area contributed by atoms with Crippen LogP contribution in [0.1, 0.15) is 53.7 Å². The number of fused-ring (bicyclic) bond motifs is 1. The number of rotatable bonds is 8. The summed E-state index contributed by atoms with van der Waals surface area (Å²) in [6, 6.07) is 13.3. The first-order chi connectivity index (χ1) is 17.9. The fraction of sp³-hybridized carbons (Fsp3) is 0.464. The van der Waals surface area contributed by atoms with Crippen LogP contribution in [-0.2, 0) is 29.3 Å². The van der Waals surface area contributed by atoms with E-state index in [0.717, 1.165) is 43.9 Å². The molecular formula is C28H34N4O4S. The third-order valence-electron chi connectivity index (χ3n) is 7.05. The monoisotopic (exact) mass is 522 g/mol. The van der Waals surface area contributed by atoms with Crippen LogP contribution in [-0.4, -0.2) is 69.3 Å². The van der Waals surface area contributed by atoms with E-state index in [1.54, 1.807) is 11.0 Å². The highest BCUT2D eigenvalue weighted by Crippen LogP contribution is 2.34. The molecule has 8 nitrogen and oxygen atoms in total. The Hall–Kier alpha value is -2.88. The van der Waals surface area contributed by atoms with Crippen molar-refractivity contribution in [2.75, 3.05) is 26.2 Å². The first kappa shape index (κ1) is 25.8. The molecule has 1 unspecified atom stereocenters. The highest BCUT2D eigenvalue weighted by molar-refractivity contribution is 7.97. The molecule has 0 aliphatic carbocycles. The van der Waals surface area contributed by atoms with Gasteiger partial charge >= 0.3 is 0 Å². The van der Waals surface area contributed by atoms with Gasteiger partial charge in [-0.3, -0.25) is 24.6 Å². The molecule has 1 atom stereocenters. The van der Waals surface area contributed by atoms with E-state index in [-0.39, 0.29) is 18.2 Å². The maximum Gasteiger partial charge on any atom is 0.255 e. The summed E-state index contributed by atoms with van der Waals surface area (Å²) in [6.07, 6.45) is 0.586. The number of carbonyl (C=O) groups excluding carboxylic acids is 3. The molecule has 0 bridgehead atoms. The number of carbonyl (C=O) groups is 3. The van der Waals surface area contributed by atoms with Gasteiger partial charge in [0.1, 0.15) is 18.4 Å². The summed E-state index contributed by atoms with van der Waals surface area (Å²) < 4.78 is 8.62. The summed E-state index contributed by atoms with van der Waals surface area (Å²) in [7, 11) is 0. The summed E-state index contributed by atoms with van der Waals surface area (Å²) >= 11 is 1.95. The minimum Gasteiger partial charge on any atom is -0.489 e. The highest BCUT2D eigenvalue weighted by atomic mass is 32.2. The topological polar surface area (TPSA) is 82.2 Å². The molecule has 37 heavy (non-hydrogen) atoms. The van der Waals surface area contributed by atoms with Gasteiger partial charge in [0.15, 0.2) is 0 Å². The minimum atomic E-state index is -0.630. The number of nitrogens with one attached hydrogen (secondary N) is 1. The zero-order valence-corrected chi connectivity index (χ0v) is 22.3. The Bertz CT molecular complexity index is 1160. The molecule has 2 fully saturated rings. The van der Waals surface area contributed by atoms with Gasteiger partial charge in [0.2, 0.25) is 11.8 Å². The maximum atomic E-state index is 13.0. The molecule has 3 aliphatic heterocycles. The first-order valence-electron chi connectivity index (χ1n) is 13.0. The van der Waals surface area contributed by atoms with Crippen LogP contribution in [0.15, 0.2) is 42.5 Å². The number of hydrogen-bond acceptors (Lipinski definition) is 7. The number of hydrogen-bond donors (Lipinski definition) is 1. The molecule has 2 saturated heterocycles. The lowest BCUT2D eigenvalue weighted by Crippen LogP contribution is -2.52. The van der Waals surface area contributed by atoms with Crippen LogP contribution in [0.25, 0.3) is 0 Å². The number of nitrogens with zero attached hydrogens (tertiary/aromatic N) is 3. The van der Waals surface area contributed by atoms with Crippen LogP contribution in [0, 0.1) is 0 Å². The average Bonchev–Trinajstić information content (AvgIpc) is 3.21. The molecule has 3 aliphatic rings. The smallest absolute Gasteiger partial charge is 0.255 e. The number of ether oxygens (including phenoxy) is 1. The third-order valence-corrected chi connectivity index (χ3v) is 8.14. The molecule has 1 N–H and O–H groups in total. The van der Waals surface area contributed by atoms with Gasteiger partial charge in [-0.25, -0.2) is 4.31 Å². The SMILES string of the molecule is CC(C)SN1CCN(Cc2ccc(COc3cccc4c3CN(C3CCC(=O)NC3=O)C4=O)cc2)CC1. The quantitative estimate of drug-likeness (QED) is 0.421. The van der Waals surface area contributed by atoms with Crippen LogP contribution in [0.2, 0.25) is 0 Å². The standard InChI is InChI=1S/C28H34N4O4S/c1-19(2)37-31-14-12-30(13-15-31)16-20-6-8-21(9-7-20)18-36-25-5-3-4-22-23(25)17-32(28(22)35)24-10-11-26(33)29-27(24)34/h3-9,19,24H,10-18H2,1-2H3,(H,29,33,34). The van der Waals surface area contributed by atoms with Crippen LogP contribution in [0.5, 0.6) is 5.75 Å². The molecule has 3 heterocycles. The number of piperidine rings is 1. The van der Waals surface area contributed by atoms with Gasteiger partial charge < -0.3 is 9.64 Å². The third kappa shape index (κ3) is 6.00. The maximum absolute atomic E-state index is 13.0. The molecule has 0 spiro atoms. The lowest BCUT2D eigenvalue weighted by Gasteiger charge is -2.34. The van der Waals surface area contributed by atoms with E-state index in [2.05, 4.69) is 52.6 Å². The van der Waals surface area contributed by atoms with Crippen LogP contribution in [0.4, 0.5) is 0 Å². The molecule has 5 rings (SSSR count). The van der Waals surface area contributed by atoms with Gasteiger partial charge in [-0.1, -0.05) is 56.1 Å². The highest BCUT2D eigenvalue weighted by Gasteiger charge is 2.40. The normalized spacial score (nSPS) is 20.9. The van der Waals surface area contributed by atoms with E-state index in [4.69, 9.17) is 4.74 Å². The van der Waals surface area contributed by atoms with Gasteiger partial charge in [-0.2, -0.15) is 0 Å². The molecule has 2 aromatic rings. The largest absolute Gasteiger partial charge is 0.489 e. The van der Waals surface area contributed by atoms with Crippen molar-refractivity contribution in [1.29, 1.82) is 0 Å². The van der Waals surface area contributed by atoms with Crippen molar-refractivity contribution in [3.05, 3.63) is 64.7 Å². The average molecular weight is 523 g/mol. The molecule has 0 aromatic heterocycles. The lowest BCUT2D eigenvalue weighted by atomic mass is 10.0. The van der Waals surface area contributed by atoms with Crippen LogP contribution >= 0.6 is 11.9 Å². The minimum absolute atomic E-state index is 0.192. The van der Waals surface area contributed by atoms with Gasteiger partial charge in [-0.15, -0.1) is 0 Å². The Morgan fingerprint density at radius 1 is 1.00 bits per heavy atom. The molecular weight excluding hydrogens is 488 g/mol. The van der Waals surface area contributed by atoms with E-state index in [1.165, 1.54) is 5.56 Å². The van der Waals surface area contributed by atoms with Crippen molar-refractivity contribution >= 4 is 29.7 Å². The Morgan fingerprint density at radius 3 is 2.43 bits per heavy atom. The van der Waals surface area contributed by atoms with Crippen molar-refractivity contribution in [1.82, 2.24) is 19.4 Å². The summed E-state index contributed by atoms with van der Waals surface area (Å²) in [5.41, 5.74) is 3.71. The second-order valence-electron chi connectivity index (χ2n) is 10.1. The number of benzene rings is 2. The summed E-state index contributed by atoms with van der Waals surface area (Å²) in [5, 5.41) is 2.97. The summed E-state index contributed by atoms with van der Waals surface area (Å²) in [5.74, 6) is -0.232. The number of imide groups is 1. The van der Waals surface area contributed by atoms with Crippen molar-refractivity contribution in [2.24, 2.45) is 0 Å². The summed E-state index contributed by atoms with van der Waals surface area (Å²) in [4.78, 5) is 40.9. The predicted octanol–water partition coefficient (Wildman–Crippen LogP) is 3.20. The van der Waals surface area contributed by atoms with Crippen molar-refractivity contribution in [3.8, 4) is 5.75 Å². The van der Waals surface area contributed by atoms with Crippen LogP contribution in [0.3, 0.4) is 0 Å². The van der Waals surface area contributed by atoms with Crippen molar-refractivity contribution in [2.45, 2.75) is 57.7 Å². The van der Waals surface area contributed by atoms with Gasteiger partial charge in [-0.05, 0) is 29.7 Å². The van der Waals surface area contributed by atoms with Crippen molar-refractivity contribution < 1.29 is 19.1 Å². The molecule has 2 aromatic carbocycles. The molecule has 196 valence electrons. The van der Waals surface area contributed by atoms with E-state index in [9.17, 15) is 14.4 Å². The zero-order chi connectivity index (χ0) is 25.9. The zero-order valence-electron chi connectivity index (χ0n) is 21.4. The van der Waals surface area contributed by atoms with Gasteiger partial charge in [0.05, 0.1) is 6.54 Å². The van der Waals surface area contributed by atoms with Gasteiger partial charge in [0.25, 0.3) is 5.91 Å². The Labute approximate surface area is 222 Å². The van der Waals surface area contributed by atoms with E-state index >= 15 is 0 Å². The van der Waals surface area contributed by atoms with Crippen molar-refractivity contribution in [3.63, 3.8) is 0 Å². The molecule has 0 saturated carbocycles. The second kappa shape index (κ2) is 11.2. The molecule has 0 radical (unpaired) electrons. The Kier molecular flexibility index (Phi) is 7.83. The van der Waals surface area contributed by atoms with E-state index < -0.39 is 11.9 Å². The fourth-order valence-corrected chi connectivity index (χ4v) is 6.11. The van der Waals surface area contributed by atoms with Gasteiger partial charge in [0, 0.05) is 55.5 Å². The lowest BCUT2D eigenvalue weighted by molar-refractivity contribution is -0.136. The Balaban J connectivity index is 1.16. The predicted molar refractivity (Wildman–Crippen MR) is 143 cm³/mol. The van der Waals surface area contributed by atoms with E-state index in [0.29, 0.717) is 36.1 Å². The second-order valence-corrected chi connectivity index (χ2v) is 11.8. The van der Waals surface area contributed by atoms with Crippen LogP contribution < -0.4 is 10.1 Å². The Morgan fingerprint density at radius 2 is 1.73 bits per heavy atom. The first-order valence-corrected chi connectivity index (χ1v) is 13.8.